The van der Waals surface area contributed by atoms with Gasteiger partial charge in [-0.25, -0.2) is 4.79 Å². The van der Waals surface area contributed by atoms with Gasteiger partial charge in [0, 0.05) is 25.1 Å². The minimum atomic E-state index is -0.339. The number of pyridine rings is 2. The zero-order valence-corrected chi connectivity index (χ0v) is 13.4. The van der Waals surface area contributed by atoms with Crippen LogP contribution >= 0.6 is 0 Å². The van der Waals surface area contributed by atoms with Crippen molar-refractivity contribution >= 4 is 17.7 Å². The number of fused-ring (bicyclic) bond motifs is 1. The summed E-state index contributed by atoms with van der Waals surface area (Å²) in [6.07, 6.45) is 6.74. The van der Waals surface area contributed by atoms with Crippen molar-refractivity contribution in [2.45, 2.75) is 19.9 Å². The van der Waals surface area contributed by atoms with Crippen molar-refractivity contribution < 1.29 is 14.3 Å². The molecule has 7 heteroatoms. The summed E-state index contributed by atoms with van der Waals surface area (Å²) in [4.78, 5) is 34.1. The average molecular weight is 326 g/mol. The molecule has 0 aliphatic carbocycles. The lowest BCUT2D eigenvalue weighted by molar-refractivity contribution is 0.101. The van der Waals surface area contributed by atoms with Crippen LogP contribution in [0.25, 0.3) is 0 Å². The third-order valence-corrected chi connectivity index (χ3v) is 3.83. The molecule has 3 rings (SSSR count). The van der Waals surface area contributed by atoms with E-state index in [0.717, 1.165) is 11.1 Å². The minimum absolute atomic E-state index is 0.225. The molecule has 3 heterocycles. The standard InChI is InChI=1S/C17H18N4O3/c1-2-24-17(23)21-7-5-14-12(11-21)8-19-10-15(14)16(22)20-13-4-3-6-18-9-13/h3-4,6,8-10H,2,5,7,11H2,1H3,(H,20,22). The van der Waals surface area contributed by atoms with E-state index in [0.29, 0.717) is 37.4 Å². The maximum absolute atomic E-state index is 12.5. The van der Waals surface area contributed by atoms with Gasteiger partial charge in [0.25, 0.3) is 5.91 Å². The van der Waals surface area contributed by atoms with Crippen molar-refractivity contribution in [3.8, 4) is 0 Å². The summed E-state index contributed by atoms with van der Waals surface area (Å²) in [5.74, 6) is -0.225. The normalized spacial score (nSPS) is 13.1. The van der Waals surface area contributed by atoms with Gasteiger partial charge < -0.3 is 15.0 Å². The molecule has 0 aromatic carbocycles. The zero-order valence-electron chi connectivity index (χ0n) is 13.4. The van der Waals surface area contributed by atoms with Crippen LogP contribution in [0, 0.1) is 0 Å². The number of nitrogens with zero attached hydrogens (tertiary/aromatic N) is 3. The lowest BCUT2D eigenvalue weighted by Crippen LogP contribution is -2.37. The highest BCUT2D eigenvalue weighted by Crippen LogP contribution is 2.23. The lowest BCUT2D eigenvalue weighted by atomic mass is 9.97. The van der Waals surface area contributed by atoms with Crippen molar-refractivity contribution in [3.05, 3.63) is 53.6 Å². The fourth-order valence-corrected chi connectivity index (χ4v) is 2.69. The Balaban J connectivity index is 1.79. The Labute approximate surface area is 139 Å². The van der Waals surface area contributed by atoms with Gasteiger partial charge in [-0.1, -0.05) is 0 Å². The molecular formula is C17H18N4O3. The van der Waals surface area contributed by atoms with Gasteiger partial charge in [0.1, 0.15) is 0 Å². The second-order valence-corrected chi connectivity index (χ2v) is 5.39. The minimum Gasteiger partial charge on any atom is -0.450 e. The highest BCUT2D eigenvalue weighted by molar-refractivity contribution is 6.05. The summed E-state index contributed by atoms with van der Waals surface area (Å²) in [5, 5.41) is 2.82. The molecule has 0 saturated heterocycles. The van der Waals surface area contributed by atoms with Gasteiger partial charge in [0.15, 0.2) is 0 Å². The molecule has 0 atom stereocenters. The topological polar surface area (TPSA) is 84.4 Å². The van der Waals surface area contributed by atoms with Gasteiger partial charge >= 0.3 is 6.09 Å². The fourth-order valence-electron chi connectivity index (χ4n) is 2.69. The third-order valence-electron chi connectivity index (χ3n) is 3.83. The van der Waals surface area contributed by atoms with E-state index >= 15 is 0 Å². The number of hydrogen-bond donors (Lipinski definition) is 1. The fraction of sp³-hybridized carbons (Fsp3) is 0.294. The largest absolute Gasteiger partial charge is 0.450 e. The Bertz CT molecular complexity index is 749. The van der Waals surface area contributed by atoms with Crippen molar-refractivity contribution in [3.63, 3.8) is 0 Å². The van der Waals surface area contributed by atoms with Crippen LogP contribution in [0.4, 0.5) is 10.5 Å². The predicted octanol–water partition coefficient (Wildman–Crippen LogP) is 2.24. The number of nitrogens with one attached hydrogen (secondary N) is 1. The first-order valence-electron chi connectivity index (χ1n) is 7.78. The molecular weight excluding hydrogens is 308 g/mol. The summed E-state index contributed by atoms with van der Waals surface area (Å²) in [7, 11) is 0. The van der Waals surface area contributed by atoms with E-state index in [4.69, 9.17) is 4.74 Å². The Morgan fingerprint density at radius 1 is 1.29 bits per heavy atom. The molecule has 1 aliphatic rings. The average Bonchev–Trinajstić information content (AvgIpc) is 2.61. The molecule has 1 N–H and O–H groups in total. The zero-order chi connectivity index (χ0) is 16.9. The Hall–Kier alpha value is -2.96. The summed E-state index contributed by atoms with van der Waals surface area (Å²) in [5.41, 5.74) is 2.95. The van der Waals surface area contributed by atoms with Crippen molar-refractivity contribution in [2.24, 2.45) is 0 Å². The molecule has 24 heavy (non-hydrogen) atoms. The highest BCUT2D eigenvalue weighted by Gasteiger charge is 2.25. The van der Waals surface area contributed by atoms with Crippen LogP contribution in [0.2, 0.25) is 0 Å². The summed E-state index contributed by atoms with van der Waals surface area (Å²) >= 11 is 0. The number of rotatable bonds is 3. The van der Waals surface area contributed by atoms with Gasteiger partial charge in [-0.15, -0.1) is 0 Å². The van der Waals surface area contributed by atoms with Gasteiger partial charge in [-0.3, -0.25) is 14.8 Å². The second kappa shape index (κ2) is 7.08. The van der Waals surface area contributed by atoms with Gasteiger partial charge in [0.2, 0.25) is 0 Å². The summed E-state index contributed by atoms with van der Waals surface area (Å²) in [6.45, 7) is 3.03. The number of aromatic nitrogens is 2. The number of hydrogen-bond acceptors (Lipinski definition) is 5. The van der Waals surface area contributed by atoms with Gasteiger partial charge in [-0.05, 0) is 36.6 Å². The van der Waals surface area contributed by atoms with E-state index < -0.39 is 0 Å². The Kier molecular flexibility index (Phi) is 4.69. The third kappa shape index (κ3) is 3.34. The molecule has 1 aliphatic heterocycles. The molecule has 0 fully saturated rings. The predicted molar refractivity (Wildman–Crippen MR) is 87.6 cm³/mol. The van der Waals surface area contributed by atoms with Gasteiger partial charge in [-0.2, -0.15) is 0 Å². The monoisotopic (exact) mass is 326 g/mol. The van der Waals surface area contributed by atoms with Crippen LogP contribution < -0.4 is 5.32 Å². The smallest absolute Gasteiger partial charge is 0.410 e. The molecule has 2 aromatic heterocycles. The summed E-state index contributed by atoms with van der Waals surface area (Å²) in [6, 6.07) is 3.53. The molecule has 2 amide bonds. The van der Waals surface area contributed by atoms with Crippen LogP contribution in [0.5, 0.6) is 0 Å². The molecule has 0 bridgehead atoms. The van der Waals surface area contributed by atoms with Crippen molar-refractivity contribution in [2.75, 3.05) is 18.5 Å². The number of amides is 2. The van der Waals surface area contributed by atoms with Crippen LogP contribution in [0.1, 0.15) is 28.4 Å². The SMILES string of the molecule is CCOC(=O)N1CCc2c(cncc2C(=O)Nc2cccnc2)C1. The number of anilines is 1. The van der Waals surface area contributed by atoms with E-state index in [1.54, 1.807) is 48.7 Å². The lowest BCUT2D eigenvalue weighted by Gasteiger charge is -2.28. The summed E-state index contributed by atoms with van der Waals surface area (Å²) < 4.78 is 5.03. The van der Waals surface area contributed by atoms with Crippen molar-refractivity contribution in [1.82, 2.24) is 14.9 Å². The molecule has 0 spiro atoms. The number of ether oxygens (including phenoxy) is 1. The van der Waals surface area contributed by atoms with Crippen LogP contribution in [0.15, 0.2) is 36.9 Å². The molecule has 0 radical (unpaired) electrons. The van der Waals surface area contributed by atoms with Crippen LogP contribution in [0.3, 0.4) is 0 Å². The van der Waals surface area contributed by atoms with E-state index in [1.807, 2.05) is 0 Å². The molecule has 0 saturated carbocycles. The molecule has 2 aromatic rings. The molecule has 7 nitrogen and oxygen atoms in total. The molecule has 124 valence electrons. The van der Waals surface area contributed by atoms with Crippen molar-refractivity contribution in [1.29, 1.82) is 0 Å². The maximum Gasteiger partial charge on any atom is 0.410 e. The first-order valence-corrected chi connectivity index (χ1v) is 7.78. The van der Waals surface area contributed by atoms with E-state index in [2.05, 4.69) is 15.3 Å². The first kappa shape index (κ1) is 15.9. The Morgan fingerprint density at radius 2 is 2.17 bits per heavy atom. The Morgan fingerprint density at radius 3 is 2.92 bits per heavy atom. The number of carbonyl (C=O) groups is 2. The maximum atomic E-state index is 12.5. The van der Waals surface area contributed by atoms with E-state index in [-0.39, 0.29) is 12.0 Å². The van der Waals surface area contributed by atoms with Crippen LogP contribution in [-0.4, -0.2) is 40.0 Å². The highest BCUT2D eigenvalue weighted by atomic mass is 16.6. The van der Waals surface area contributed by atoms with E-state index in [9.17, 15) is 9.59 Å². The van der Waals surface area contributed by atoms with Crippen LogP contribution in [-0.2, 0) is 17.7 Å². The number of carbonyl (C=O) groups excluding carboxylic acids is 2. The quantitative estimate of drug-likeness (QED) is 0.935. The van der Waals surface area contributed by atoms with E-state index in [1.165, 1.54) is 0 Å². The molecule has 0 unspecified atom stereocenters. The first-order chi connectivity index (χ1) is 11.7. The van der Waals surface area contributed by atoms with Gasteiger partial charge in [0.05, 0.1) is 30.6 Å². The second-order valence-electron chi connectivity index (χ2n) is 5.39.